The van der Waals surface area contributed by atoms with Crippen molar-refractivity contribution in [3.8, 4) is 0 Å². The summed E-state index contributed by atoms with van der Waals surface area (Å²) in [6.45, 7) is 6.66. The summed E-state index contributed by atoms with van der Waals surface area (Å²) in [5, 5.41) is 16.2. The van der Waals surface area contributed by atoms with E-state index in [1.165, 1.54) is 0 Å². The second-order valence-electron chi connectivity index (χ2n) is 5.03. The quantitative estimate of drug-likeness (QED) is 0.787. The topological polar surface area (TPSA) is 53.3 Å². The number of halogens is 1. The molecule has 0 aliphatic rings. The molecule has 0 saturated carbocycles. The van der Waals surface area contributed by atoms with Gasteiger partial charge in [-0.25, -0.2) is 4.39 Å². The van der Waals surface area contributed by atoms with E-state index in [0.717, 1.165) is 24.3 Å². The highest BCUT2D eigenvalue weighted by Crippen LogP contribution is 2.21. The van der Waals surface area contributed by atoms with Crippen molar-refractivity contribution in [1.82, 2.24) is 9.78 Å². The number of benzene rings is 1. The zero-order valence-electron chi connectivity index (χ0n) is 13.1. The normalized spacial score (nSPS) is 10.7. The number of hydrogen-bond donors (Lipinski definition) is 2. The van der Waals surface area contributed by atoms with Crippen LogP contribution in [0.1, 0.15) is 19.4 Å². The molecule has 2 rings (SSSR count). The Hall–Kier alpha value is -2.08. The molecule has 0 aliphatic heterocycles. The van der Waals surface area contributed by atoms with Crippen LogP contribution in [0, 0.1) is 5.82 Å². The Kier molecular flexibility index (Phi) is 5.77. The average Bonchev–Trinajstić information content (AvgIpc) is 2.96. The van der Waals surface area contributed by atoms with Gasteiger partial charge in [-0.3, -0.25) is 4.68 Å². The molecule has 0 fully saturated rings. The van der Waals surface area contributed by atoms with Crippen molar-refractivity contribution in [2.24, 2.45) is 0 Å². The van der Waals surface area contributed by atoms with Gasteiger partial charge in [0, 0.05) is 25.8 Å². The van der Waals surface area contributed by atoms with Crippen molar-refractivity contribution in [2.45, 2.75) is 26.9 Å². The van der Waals surface area contributed by atoms with Gasteiger partial charge in [0.25, 0.3) is 0 Å². The second-order valence-corrected chi connectivity index (χ2v) is 5.03. The number of aliphatic hydroxyl groups excluding tert-OH is 1. The third-order valence-electron chi connectivity index (χ3n) is 3.58. The van der Waals surface area contributed by atoms with Crippen molar-refractivity contribution >= 4 is 11.4 Å². The predicted molar refractivity (Wildman–Crippen MR) is 86.6 cm³/mol. The number of nitrogens with one attached hydrogen (secondary N) is 1. The van der Waals surface area contributed by atoms with Gasteiger partial charge >= 0.3 is 0 Å². The van der Waals surface area contributed by atoms with E-state index in [9.17, 15) is 4.39 Å². The summed E-state index contributed by atoms with van der Waals surface area (Å²) in [6, 6.07) is 5.33. The third-order valence-corrected chi connectivity index (χ3v) is 3.58. The Labute approximate surface area is 130 Å². The highest BCUT2D eigenvalue weighted by atomic mass is 19.1. The second kappa shape index (κ2) is 7.79. The van der Waals surface area contributed by atoms with Crippen LogP contribution in [0.4, 0.5) is 15.8 Å². The van der Waals surface area contributed by atoms with E-state index in [2.05, 4.69) is 10.4 Å². The molecule has 0 bridgehead atoms. The molecule has 0 spiro atoms. The van der Waals surface area contributed by atoms with Gasteiger partial charge in [0.15, 0.2) is 0 Å². The van der Waals surface area contributed by atoms with Crippen LogP contribution in [0.5, 0.6) is 0 Å². The molecule has 0 amide bonds. The van der Waals surface area contributed by atoms with E-state index in [0.29, 0.717) is 18.8 Å². The lowest BCUT2D eigenvalue weighted by atomic mass is 10.1. The van der Waals surface area contributed by atoms with Gasteiger partial charge in [-0.2, -0.15) is 5.10 Å². The van der Waals surface area contributed by atoms with Crippen molar-refractivity contribution in [3.05, 3.63) is 42.0 Å². The number of aromatic nitrogens is 2. The lowest BCUT2D eigenvalue weighted by molar-refractivity contribution is 0.269. The molecular weight excluding hydrogens is 283 g/mol. The summed E-state index contributed by atoms with van der Waals surface area (Å²) in [7, 11) is 0. The Morgan fingerprint density at radius 3 is 2.73 bits per heavy atom. The molecule has 0 saturated heterocycles. The molecule has 0 radical (unpaired) electrons. The molecule has 22 heavy (non-hydrogen) atoms. The van der Waals surface area contributed by atoms with Crippen LogP contribution in [0.3, 0.4) is 0 Å². The first-order valence-electron chi connectivity index (χ1n) is 7.58. The molecule has 2 aromatic rings. The maximum atomic E-state index is 14.2. The molecule has 120 valence electrons. The van der Waals surface area contributed by atoms with Gasteiger partial charge < -0.3 is 15.3 Å². The molecule has 0 atom stereocenters. The van der Waals surface area contributed by atoms with Gasteiger partial charge in [0.1, 0.15) is 5.82 Å². The van der Waals surface area contributed by atoms with E-state index < -0.39 is 0 Å². The summed E-state index contributed by atoms with van der Waals surface area (Å²) in [5.74, 6) is -0.195. The van der Waals surface area contributed by atoms with Crippen molar-refractivity contribution < 1.29 is 9.50 Å². The maximum absolute atomic E-state index is 14.2. The minimum atomic E-state index is -0.195. The van der Waals surface area contributed by atoms with Crippen LogP contribution in [0.2, 0.25) is 0 Å². The smallest absolute Gasteiger partial charge is 0.146 e. The monoisotopic (exact) mass is 306 g/mol. The largest absolute Gasteiger partial charge is 0.394 e. The van der Waals surface area contributed by atoms with Gasteiger partial charge in [0.05, 0.1) is 30.7 Å². The molecule has 0 unspecified atom stereocenters. The SMILES string of the molecule is CCN(CC)c1ccc(CNc2cnn(CCO)c2)cc1F. The summed E-state index contributed by atoms with van der Waals surface area (Å²) >= 11 is 0. The highest BCUT2D eigenvalue weighted by Gasteiger charge is 2.09. The van der Waals surface area contributed by atoms with E-state index in [4.69, 9.17) is 5.11 Å². The molecule has 0 aliphatic carbocycles. The first-order chi connectivity index (χ1) is 10.7. The van der Waals surface area contributed by atoms with Crippen LogP contribution < -0.4 is 10.2 Å². The first-order valence-corrected chi connectivity index (χ1v) is 7.58. The number of aliphatic hydroxyl groups is 1. The molecule has 1 aromatic heterocycles. The Balaban J connectivity index is 1.99. The van der Waals surface area contributed by atoms with Crippen LogP contribution in [-0.2, 0) is 13.1 Å². The molecule has 6 heteroatoms. The third kappa shape index (κ3) is 3.98. The van der Waals surface area contributed by atoms with Gasteiger partial charge in [-0.15, -0.1) is 0 Å². The minimum Gasteiger partial charge on any atom is -0.394 e. The van der Waals surface area contributed by atoms with E-state index in [-0.39, 0.29) is 12.4 Å². The van der Waals surface area contributed by atoms with Gasteiger partial charge in [0.2, 0.25) is 0 Å². The standard InChI is InChI=1S/C16H23FN4O/c1-3-20(4-2)16-6-5-13(9-15(16)17)10-18-14-11-19-21(12-14)7-8-22/h5-6,9,11-12,18,22H,3-4,7-8,10H2,1-2H3. The summed E-state index contributed by atoms with van der Waals surface area (Å²) in [5.41, 5.74) is 2.37. The number of hydrogen-bond acceptors (Lipinski definition) is 4. The fraction of sp³-hybridized carbons (Fsp3) is 0.438. The summed E-state index contributed by atoms with van der Waals surface area (Å²) in [4.78, 5) is 1.99. The van der Waals surface area contributed by atoms with Crippen LogP contribution >= 0.6 is 0 Å². The minimum absolute atomic E-state index is 0.0547. The zero-order valence-corrected chi connectivity index (χ0v) is 13.1. The highest BCUT2D eigenvalue weighted by molar-refractivity contribution is 5.49. The van der Waals surface area contributed by atoms with Crippen molar-refractivity contribution in [2.75, 3.05) is 29.9 Å². The Bertz CT molecular complexity index is 596. The van der Waals surface area contributed by atoms with E-state index in [1.807, 2.05) is 37.1 Å². The van der Waals surface area contributed by atoms with E-state index >= 15 is 0 Å². The van der Waals surface area contributed by atoms with Crippen LogP contribution in [0.15, 0.2) is 30.6 Å². The molecule has 1 aromatic carbocycles. The zero-order chi connectivity index (χ0) is 15.9. The Morgan fingerprint density at radius 1 is 1.32 bits per heavy atom. The number of anilines is 2. The van der Waals surface area contributed by atoms with E-state index in [1.54, 1.807) is 16.9 Å². The lowest BCUT2D eigenvalue weighted by Gasteiger charge is -2.22. The molecule has 1 heterocycles. The molecule has 5 nitrogen and oxygen atoms in total. The summed E-state index contributed by atoms with van der Waals surface area (Å²) < 4.78 is 15.8. The maximum Gasteiger partial charge on any atom is 0.146 e. The van der Waals surface area contributed by atoms with Crippen LogP contribution in [0.25, 0.3) is 0 Å². The lowest BCUT2D eigenvalue weighted by Crippen LogP contribution is -2.23. The van der Waals surface area contributed by atoms with Crippen molar-refractivity contribution in [1.29, 1.82) is 0 Å². The average molecular weight is 306 g/mol. The van der Waals surface area contributed by atoms with Crippen molar-refractivity contribution in [3.63, 3.8) is 0 Å². The fourth-order valence-corrected chi connectivity index (χ4v) is 2.36. The fourth-order valence-electron chi connectivity index (χ4n) is 2.36. The Morgan fingerprint density at radius 2 is 2.09 bits per heavy atom. The van der Waals surface area contributed by atoms with Crippen LogP contribution in [-0.4, -0.2) is 34.6 Å². The summed E-state index contributed by atoms with van der Waals surface area (Å²) in [6.07, 6.45) is 3.51. The van der Waals surface area contributed by atoms with Gasteiger partial charge in [-0.1, -0.05) is 6.07 Å². The number of nitrogens with zero attached hydrogens (tertiary/aromatic N) is 3. The molecule has 2 N–H and O–H groups in total. The first kappa shape index (κ1) is 16.3. The predicted octanol–water partition coefficient (Wildman–Crippen LogP) is 2.47. The van der Waals surface area contributed by atoms with Gasteiger partial charge in [-0.05, 0) is 31.5 Å². The molecular formula is C16H23FN4O. The number of rotatable bonds is 8.